The summed E-state index contributed by atoms with van der Waals surface area (Å²) in [6.45, 7) is 2.24. The summed E-state index contributed by atoms with van der Waals surface area (Å²) in [5, 5.41) is 4.78. The van der Waals surface area contributed by atoms with Crippen LogP contribution in [0.15, 0.2) is 52.5 Å². The number of pyridine rings is 1. The van der Waals surface area contributed by atoms with E-state index in [4.69, 9.17) is 9.47 Å². The number of rotatable bonds is 21. The topological polar surface area (TPSA) is 136 Å². The maximum atomic E-state index is 12.9. The van der Waals surface area contributed by atoms with Crippen molar-refractivity contribution in [2.75, 3.05) is 20.0 Å². The molecule has 0 saturated heterocycles. The number of aromatic nitrogens is 1. The lowest BCUT2D eigenvalue weighted by molar-refractivity contribution is 0.355. The van der Waals surface area contributed by atoms with Gasteiger partial charge in [-0.25, -0.2) is 13.2 Å². The first kappa shape index (κ1) is 37.4. The molecular weight excluding hydrogens is 627 g/mol. The first-order valence-corrected chi connectivity index (χ1v) is 19.5. The molecule has 0 aliphatic heterocycles. The Hall–Kier alpha value is -3.09. The Balaban J connectivity index is 1.67. The number of sulfonamides is 1. The predicted molar refractivity (Wildman–Crippen MR) is 184 cm³/mol. The molecule has 2 aromatic carbocycles. The van der Waals surface area contributed by atoms with E-state index in [1.807, 2.05) is 10.6 Å². The zero-order valence-corrected chi connectivity index (χ0v) is 29.4. The zero-order chi connectivity index (χ0) is 33.6. The van der Waals surface area contributed by atoms with Gasteiger partial charge in [0.25, 0.3) is 10.1 Å². The van der Waals surface area contributed by atoms with Gasteiger partial charge in [-0.3, -0.25) is 4.55 Å². The summed E-state index contributed by atoms with van der Waals surface area (Å²) in [5.74, 6) is 0.995. The molecule has 1 heterocycles. The molecule has 0 radical (unpaired) electrons. The highest BCUT2D eigenvalue weighted by Gasteiger charge is 2.16. The highest BCUT2D eigenvalue weighted by atomic mass is 32.2. The Kier molecular flexibility index (Phi) is 14.9. The summed E-state index contributed by atoms with van der Waals surface area (Å²) in [4.78, 5) is 2.02. The Morgan fingerprint density at radius 2 is 1.30 bits per heavy atom. The maximum Gasteiger partial charge on any atom is 0.294 e. The molecule has 0 saturated carbocycles. The summed E-state index contributed by atoms with van der Waals surface area (Å²) in [5.41, 5.74) is 1.98. The van der Waals surface area contributed by atoms with Crippen LogP contribution >= 0.6 is 0 Å². The Morgan fingerprint density at radius 3 is 1.85 bits per heavy atom. The van der Waals surface area contributed by atoms with Gasteiger partial charge in [-0.15, -0.1) is 0 Å². The predicted octanol–water partition coefficient (Wildman–Crippen LogP) is 7.33. The maximum absolute atomic E-state index is 12.9. The molecule has 0 aliphatic carbocycles. The minimum atomic E-state index is -4.50. The summed E-state index contributed by atoms with van der Waals surface area (Å²) in [6.07, 6.45) is 16.5. The molecule has 46 heavy (non-hydrogen) atoms. The van der Waals surface area contributed by atoms with Crippen molar-refractivity contribution in [1.29, 1.82) is 0 Å². The van der Waals surface area contributed by atoms with Crippen molar-refractivity contribution in [2.24, 2.45) is 12.1 Å². The van der Waals surface area contributed by atoms with Gasteiger partial charge in [0.2, 0.25) is 10.0 Å². The van der Waals surface area contributed by atoms with Crippen LogP contribution in [0, 0.1) is 0 Å². The van der Waals surface area contributed by atoms with Crippen molar-refractivity contribution in [1.82, 2.24) is 9.40 Å². The SMILES string of the molecule is CCCCCCCCCCCCCCCCS(=O)(=O)N/N=c1\cc(-c2ccc(OC)c(OC)c2)n(C)c2ccc(S(=O)(=O)O)cc12. The van der Waals surface area contributed by atoms with Crippen LogP contribution in [0.2, 0.25) is 0 Å². The summed E-state index contributed by atoms with van der Waals surface area (Å²) < 4.78 is 71.9. The van der Waals surface area contributed by atoms with E-state index in [9.17, 15) is 21.4 Å². The van der Waals surface area contributed by atoms with Gasteiger partial charge in [-0.05, 0) is 48.9 Å². The number of benzene rings is 2. The quantitative estimate of drug-likeness (QED) is 0.0685. The van der Waals surface area contributed by atoms with Crippen molar-refractivity contribution in [3.05, 3.63) is 47.8 Å². The van der Waals surface area contributed by atoms with Crippen LogP contribution in [-0.4, -0.2) is 45.9 Å². The molecule has 0 spiro atoms. The second kappa shape index (κ2) is 18.3. The van der Waals surface area contributed by atoms with E-state index in [1.165, 1.54) is 83.5 Å². The number of methoxy groups -OCH3 is 2. The normalized spacial score (nSPS) is 12.5. The lowest BCUT2D eigenvalue weighted by Crippen LogP contribution is -2.25. The molecular formula is C34H51N3O7S2. The van der Waals surface area contributed by atoms with Gasteiger partial charge in [0, 0.05) is 18.0 Å². The molecule has 3 aromatic rings. The second-order valence-corrected chi connectivity index (χ2v) is 15.1. The standard InChI is InChI=1S/C34H51N3O7S2/c1-5-6-7-8-9-10-11-12-13-14-15-16-17-18-23-45(38,39)36-35-30-26-32(27-19-22-33(43-3)34(24-27)44-4)37(2)31-21-20-28(25-29(30)31)46(40,41)42/h19-22,24-26,36H,5-18,23H2,1-4H3,(H,40,41,42)/b35-30+. The lowest BCUT2D eigenvalue weighted by Gasteiger charge is -2.16. The van der Waals surface area contributed by atoms with Crippen molar-refractivity contribution >= 4 is 31.0 Å². The minimum Gasteiger partial charge on any atom is -0.493 e. The fraction of sp³-hybridized carbons (Fsp3) is 0.559. The number of hydrogen-bond acceptors (Lipinski definition) is 7. The molecule has 0 unspecified atom stereocenters. The highest BCUT2D eigenvalue weighted by Crippen LogP contribution is 2.33. The third-order valence-corrected chi connectivity index (χ3v) is 10.3. The first-order chi connectivity index (χ1) is 22.0. The monoisotopic (exact) mass is 677 g/mol. The van der Waals surface area contributed by atoms with Gasteiger partial charge in [0.1, 0.15) is 0 Å². The lowest BCUT2D eigenvalue weighted by atomic mass is 10.0. The molecule has 0 fully saturated rings. The summed E-state index contributed by atoms with van der Waals surface area (Å²) in [6, 6.07) is 11.2. The molecule has 1 aromatic heterocycles. The van der Waals surface area contributed by atoms with E-state index in [0.29, 0.717) is 34.5 Å². The van der Waals surface area contributed by atoms with E-state index in [0.717, 1.165) is 24.8 Å². The molecule has 12 heteroatoms. The molecule has 0 amide bonds. The van der Waals surface area contributed by atoms with Crippen LogP contribution in [-0.2, 0) is 27.2 Å². The van der Waals surface area contributed by atoms with Crippen molar-refractivity contribution < 1.29 is 30.9 Å². The number of nitrogens with zero attached hydrogens (tertiary/aromatic N) is 2. The Bertz CT molecular complexity index is 1700. The summed E-state index contributed by atoms with van der Waals surface area (Å²) >= 11 is 0. The zero-order valence-electron chi connectivity index (χ0n) is 27.8. The average molecular weight is 678 g/mol. The van der Waals surface area contributed by atoms with Crippen molar-refractivity contribution in [3.8, 4) is 22.8 Å². The minimum absolute atomic E-state index is 0.0636. The van der Waals surface area contributed by atoms with Gasteiger partial charge < -0.3 is 14.0 Å². The Labute approximate surface area is 275 Å². The van der Waals surface area contributed by atoms with Gasteiger partial charge in [0.05, 0.1) is 41.4 Å². The average Bonchev–Trinajstić information content (AvgIpc) is 3.03. The van der Waals surface area contributed by atoms with Crippen LogP contribution in [0.4, 0.5) is 0 Å². The van der Waals surface area contributed by atoms with E-state index in [1.54, 1.807) is 38.4 Å². The first-order valence-electron chi connectivity index (χ1n) is 16.4. The molecule has 10 nitrogen and oxygen atoms in total. The van der Waals surface area contributed by atoms with E-state index >= 15 is 0 Å². The van der Waals surface area contributed by atoms with Crippen LogP contribution < -0.4 is 19.7 Å². The van der Waals surface area contributed by atoms with Gasteiger partial charge in [0.15, 0.2) is 11.5 Å². The fourth-order valence-corrected chi connectivity index (χ4v) is 7.04. The third kappa shape index (κ3) is 11.3. The molecule has 0 atom stereocenters. The van der Waals surface area contributed by atoms with E-state index < -0.39 is 20.1 Å². The number of nitrogens with one attached hydrogen (secondary N) is 1. The Morgan fingerprint density at radius 1 is 0.739 bits per heavy atom. The van der Waals surface area contributed by atoms with E-state index in [2.05, 4.69) is 16.9 Å². The van der Waals surface area contributed by atoms with Crippen LogP contribution in [0.25, 0.3) is 22.2 Å². The van der Waals surface area contributed by atoms with Crippen molar-refractivity contribution in [3.63, 3.8) is 0 Å². The van der Waals surface area contributed by atoms with Crippen LogP contribution in [0.3, 0.4) is 0 Å². The summed E-state index contributed by atoms with van der Waals surface area (Å²) in [7, 11) is -3.36. The third-order valence-electron chi connectivity index (χ3n) is 8.29. The number of hydrogen-bond donors (Lipinski definition) is 2. The number of fused-ring (bicyclic) bond motifs is 1. The van der Waals surface area contributed by atoms with Crippen molar-refractivity contribution in [2.45, 2.75) is 102 Å². The number of aryl methyl sites for hydroxylation is 1. The molecule has 0 bridgehead atoms. The molecule has 0 aliphatic rings. The highest BCUT2D eigenvalue weighted by molar-refractivity contribution is 7.89. The molecule has 256 valence electrons. The molecule has 3 rings (SSSR count). The van der Waals surface area contributed by atoms with Gasteiger partial charge in [-0.1, -0.05) is 90.4 Å². The van der Waals surface area contributed by atoms with Gasteiger partial charge >= 0.3 is 0 Å². The molecule has 2 N–H and O–H groups in total. The van der Waals surface area contributed by atoms with Crippen LogP contribution in [0.5, 0.6) is 11.5 Å². The second-order valence-electron chi connectivity index (χ2n) is 11.8. The smallest absolute Gasteiger partial charge is 0.294 e. The van der Waals surface area contributed by atoms with Gasteiger partial charge in [-0.2, -0.15) is 13.5 Å². The fourth-order valence-electron chi connectivity index (χ4n) is 5.62. The largest absolute Gasteiger partial charge is 0.493 e. The van der Waals surface area contributed by atoms with Crippen LogP contribution in [0.1, 0.15) is 96.8 Å². The van der Waals surface area contributed by atoms with E-state index in [-0.39, 0.29) is 16.0 Å². The number of ether oxygens (including phenoxy) is 2. The number of unbranched alkanes of at least 4 members (excludes halogenated alkanes) is 13.